The number of methoxy groups -OCH3 is 1. The summed E-state index contributed by atoms with van der Waals surface area (Å²) in [7, 11) is 1.76. The third-order valence-electron chi connectivity index (χ3n) is 4.05. The summed E-state index contributed by atoms with van der Waals surface area (Å²) >= 11 is 0. The molecule has 0 spiro atoms. The molecule has 0 radical (unpaired) electrons. The van der Waals surface area contributed by atoms with Crippen molar-refractivity contribution in [3.63, 3.8) is 0 Å². The summed E-state index contributed by atoms with van der Waals surface area (Å²) in [5, 5.41) is 3.70. The van der Waals surface area contributed by atoms with Crippen molar-refractivity contribution in [1.82, 2.24) is 5.32 Å². The van der Waals surface area contributed by atoms with Crippen LogP contribution in [0.1, 0.15) is 30.9 Å². The smallest absolute Gasteiger partial charge is 0.122 e. The molecule has 1 N–H and O–H groups in total. The minimum absolute atomic E-state index is 0.543. The number of ether oxygens (including phenoxy) is 1. The van der Waals surface area contributed by atoms with Gasteiger partial charge in [0.15, 0.2) is 0 Å². The second-order valence-electron chi connectivity index (χ2n) is 5.35. The van der Waals surface area contributed by atoms with Crippen molar-refractivity contribution in [2.24, 2.45) is 5.92 Å². The molecule has 0 bridgehead atoms. The van der Waals surface area contributed by atoms with E-state index in [1.165, 1.54) is 17.5 Å². The number of hydrogen-bond donors (Lipinski definition) is 1. The molecule has 0 fully saturated rings. The topological polar surface area (TPSA) is 21.3 Å². The summed E-state index contributed by atoms with van der Waals surface area (Å²) in [5.74, 6) is 1.70. The zero-order chi connectivity index (χ0) is 13.7. The molecule has 19 heavy (non-hydrogen) atoms. The first-order valence-corrected chi connectivity index (χ1v) is 7.29. The molecule has 2 nitrogen and oxygen atoms in total. The number of fused-ring (bicyclic) bond motifs is 1. The first-order chi connectivity index (χ1) is 9.30. The lowest BCUT2D eigenvalue weighted by atomic mass is 9.78. The van der Waals surface area contributed by atoms with Crippen LogP contribution in [0.2, 0.25) is 0 Å². The van der Waals surface area contributed by atoms with Crippen molar-refractivity contribution < 1.29 is 4.74 Å². The average molecular weight is 259 g/mol. The molecular weight excluding hydrogens is 234 g/mol. The molecule has 2 rings (SSSR count). The Labute approximate surface area is 116 Å². The van der Waals surface area contributed by atoms with Crippen LogP contribution in [0.25, 0.3) is 0 Å². The highest BCUT2D eigenvalue weighted by molar-refractivity contribution is 5.43. The molecule has 2 atom stereocenters. The maximum Gasteiger partial charge on any atom is 0.122 e. The van der Waals surface area contributed by atoms with E-state index in [-0.39, 0.29) is 0 Å². The number of allylic oxidation sites excluding steroid dienone is 1. The fraction of sp³-hybridized carbons (Fsp3) is 0.529. The van der Waals surface area contributed by atoms with Crippen LogP contribution in [0.4, 0.5) is 0 Å². The lowest BCUT2D eigenvalue weighted by Crippen LogP contribution is -2.42. The molecule has 0 aliphatic heterocycles. The maximum atomic E-state index is 5.51. The van der Waals surface area contributed by atoms with E-state index in [2.05, 4.69) is 43.1 Å². The van der Waals surface area contributed by atoms with Crippen LogP contribution in [0.15, 0.2) is 30.9 Å². The van der Waals surface area contributed by atoms with E-state index in [0.717, 1.165) is 31.6 Å². The van der Waals surface area contributed by atoms with Gasteiger partial charge in [-0.3, -0.25) is 0 Å². The van der Waals surface area contributed by atoms with Crippen molar-refractivity contribution >= 4 is 0 Å². The van der Waals surface area contributed by atoms with Gasteiger partial charge in [0.25, 0.3) is 0 Å². The summed E-state index contributed by atoms with van der Waals surface area (Å²) in [5.41, 5.74) is 2.83. The Balaban J connectivity index is 2.23. The van der Waals surface area contributed by atoms with Gasteiger partial charge in [-0.2, -0.15) is 0 Å². The molecule has 0 aromatic heterocycles. The normalized spacial score (nSPS) is 21.8. The maximum absolute atomic E-state index is 5.51. The van der Waals surface area contributed by atoms with Crippen LogP contribution < -0.4 is 10.1 Å². The van der Waals surface area contributed by atoms with Gasteiger partial charge in [-0.15, -0.1) is 6.58 Å². The van der Waals surface area contributed by atoms with Crippen LogP contribution in [0.5, 0.6) is 5.75 Å². The predicted molar refractivity (Wildman–Crippen MR) is 80.8 cm³/mol. The van der Waals surface area contributed by atoms with Gasteiger partial charge in [-0.05, 0) is 55.3 Å². The second kappa shape index (κ2) is 6.76. The fourth-order valence-corrected chi connectivity index (χ4v) is 3.07. The summed E-state index contributed by atoms with van der Waals surface area (Å²) in [6.07, 6.45) is 6.50. The number of hydrogen-bond acceptors (Lipinski definition) is 2. The molecule has 104 valence electrons. The first-order valence-electron chi connectivity index (χ1n) is 7.29. The van der Waals surface area contributed by atoms with Crippen molar-refractivity contribution in [3.8, 4) is 5.75 Å². The Kier molecular flexibility index (Phi) is 5.03. The summed E-state index contributed by atoms with van der Waals surface area (Å²) in [4.78, 5) is 0. The van der Waals surface area contributed by atoms with Gasteiger partial charge in [0, 0.05) is 6.04 Å². The third-order valence-corrected chi connectivity index (χ3v) is 4.05. The number of benzene rings is 1. The van der Waals surface area contributed by atoms with Gasteiger partial charge in [0.2, 0.25) is 0 Å². The van der Waals surface area contributed by atoms with E-state index in [1.807, 2.05) is 0 Å². The monoisotopic (exact) mass is 259 g/mol. The molecule has 0 heterocycles. The van der Waals surface area contributed by atoms with Crippen molar-refractivity contribution in [2.75, 3.05) is 13.7 Å². The standard InChI is InChI=1S/C17H25NO/c1-4-7-14-11-13-8-6-9-17(19-3)15(13)12-16(14)18-10-5-2/h4,6,8-9,14,16,18H,1,5,7,10-12H2,2-3H3/t14-,16+/m1/s1. The van der Waals surface area contributed by atoms with Crippen molar-refractivity contribution in [2.45, 2.75) is 38.6 Å². The van der Waals surface area contributed by atoms with Crippen molar-refractivity contribution in [3.05, 3.63) is 42.0 Å². The Hall–Kier alpha value is -1.28. The Morgan fingerprint density at radius 2 is 2.26 bits per heavy atom. The van der Waals surface area contributed by atoms with E-state index < -0.39 is 0 Å². The lowest BCUT2D eigenvalue weighted by molar-refractivity contribution is 0.323. The SMILES string of the molecule is C=CC[C@@H]1Cc2cccc(OC)c2C[C@@H]1NCCC. The molecule has 0 amide bonds. The lowest BCUT2D eigenvalue weighted by Gasteiger charge is -2.34. The van der Waals surface area contributed by atoms with Crippen LogP contribution >= 0.6 is 0 Å². The fourth-order valence-electron chi connectivity index (χ4n) is 3.07. The summed E-state index contributed by atoms with van der Waals surface area (Å²) in [6.45, 7) is 7.21. The zero-order valence-electron chi connectivity index (χ0n) is 12.1. The highest BCUT2D eigenvalue weighted by Gasteiger charge is 2.28. The zero-order valence-corrected chi connectivity index (χ0v) is 12.1. The molecule has 0 saturated heterocycles. The predicted octanol–water partition coefficient (Wildman–Crippen LogP) is 3.35. The third kappa shape index (κ3) is 3.19. The van der Waals surface area contributed by atoms with E-state index in [1.54, 1.807) is 7.11 Å². The Morgan fingerprint density at radius 1 is 1.42 bits per heavy atom. The van der Waals surface area contributed by atoms with E-state index in [0.29, 0.717) is 12.0 Å². The van der Waals surface area contributed by atoms with E-state index in [9.17, 15) is 0 Å². The molecule has 1 aromatic carbocycles. The highest BCUT2D eigenvalue weighted by atomic mass is 16.5. The second-order valence-corrected chi connectivity index (χ2v) is 5.35. The van der Waals surface area contributed by atoms with Gasteiger partial charge in [0.05, 0.1) is 7.11 Å². The van der Waals surface area contributed by atoms with Gasteiger partial charge in [-0.1, -0.05) is 25.1 Å². The minimum Gasteiger partial charge on any atom is -0.496 e. The molecular formula is C17H25NO. The van der Waals surface area contributed by atoms with Crippen LogP contribution in [-0.4, -0.2) is 19.7 Å². The molecule has 2 heteroatoms. The first kappa shape index (κ1) is 14.1. The van der Waals surface area contributed by atoms with Crippen molar-refractivity contribution in [1.29, 1.82) is 0 Å². The summed E-state index contributed by atoms with van der Waals surface area (Å²) < 4.78 is 5.51. The molecule has 0 unspecified atom stereocenters. The van der Waals surface area contributed by atoms with E-state index in [4.69, 9.17) is 4.74 Å². The van der Waals surface area contributed by atoms with E-state index >= 15 is 0 Å². The summed E-state index contributed by atoms with van der Waals surface area (Å²) in [6, 6.07) is 6.96. The van der Waals surface area contributed by atoms with Gasteiger partial charge in [0.1, 0.15) is 5.75 Å². The van der Waals surface area contributed by atoms with Gasteiger partial charge >= 0.3 is 0 Å². The average Bonchev–Trinajstić information content (AvgIpc) is 2.44. The highest BCUT2D eigenvalue weighted by Crippen LogP contribution is 2.33. The number of nitrogens with one attached hydrogen (secondary N) is 1. The Morgan fingerprint density at radius 3 is 2.95 bits per heavy atom. The van der Waals surface area contributed by atoms with Gasteiger partial charge < -0.3 is 10.1 Å². The number of rotatable bonds is 6. The van der Waals surface area contributed by atoms with Crippen LogP contribution in [-0.2, 0) is 12.8 Å². The molecule has 1 aliphatic carbocycles. The molecule has 0 saturated carbocycles. The quantitative estimate of drug-likeness (QED) is 0.791. The Bertz CT molecular complexity index is 427. The minimum atomic E-state index is 0.543. The molecule has 1 aromatic rings. The molecule has 1 aliphatic rings. The van der Waals surface area contributed by atoms with Gasteiger partial charge in [-0.25, -0.2) is 0 Å². The van der Waals surface area contributed by atoms with Crippen LogP contribution in [0.3, 0.4) is 0 Å². The largest absolute Gasteiger partial charge is 0.496 e. The van der Waals surface area contributed by atoms with Crippen LogP contribution in [0, 0.1) is 5.92 Å².